The van der Waals surface area contributed by atoms with Crippen molar-refractivity contribution in [2.45, 2.75) is 0 Å². The van der Waals surface area contributed by atoms with E-state index in [1.165, 1.54) is 0 Å². The van der Waals surface area contributed by atoms with Crippen molar-refractivity contribution in [3.05, 3.63) is 0 Å². The zero-order valence-electron chi connectivity index (χ0n) is 3.01. The van der Waals surface area contributed by atoms with Crippen molar-refractivity contribution < 1.29 is 4.79 Å². The van der Waals surface area contributed by atoms with E-state index in [2.05, 4.69) is 0 Å². The molecule has 1 nitrogen and oxygen atoms in total. The fourth-order valence-corrected chi connectivity index (χ4v) is 0. The summed E-state index contributed by atoms with van der Waals surface area (Å²) >= 11 is 0. The maximum Gasteiger partial charge on any atom is 0.131 e. The second-order valence-electron chi connectivity index (χ2n) is 0.771. The normalized spacial score (nSPS) is 13.8. The van der Waals surface area contributed by atoms with E-state index in [0.717, 1.165) is 6.03 Å². The number of carbonyl (C=O) groups excluding carboxylic acids is 1. The minimum Gasteiger partial charge on any atom is -0.299 e. The molecule has 0 aliphatic carbocycles. The number of hydrogen-bond donors (Lipinski definition) is 0. The van der Waals surface area contributed by atoms with Gasteiger partial charge in [0.25, 0.3) is 0 Å². The highest BCUT2D eigenvalue weighted by molar-refractivity contribution is 7.93. The molecule has 3 heteroatoms. The Morgan fingerprint density at radius 2 is 2.20 bits per heavy atom. The Hall–Kier alpha value is 0.165. The average molecular weight is 85.8 g/mol. The molecule has 0 amide bonds. The first-order chi connectivity index (χ1) is 2.27. The molecule has 0 aromatic rings. The molecule has 0 spiro atoms. The first-order valence-electron chi connectivity index (χ1n) is 1.20. The number of hydrogen-bond acceptors (Lipinski definition) is 1. The summed E-state index contributed by atoms with van der Waals surface area (Å²) in [6.07, 6.45) is 0. The van der Waals surface area contributed by atoms with Crippen molar-refractivity contribution >= 4 is 21.4 Å². The second-order valence-corrected chi connectivity index (χ2v) is 2.31. The predicted octanol–water partition coefficient (Wildman–Crippen LogP) is 0.372. The molecule has 0 fully saturated rings. The third kappa shape index (κ3) is 4.16. The largest absolute Gasteiger partial charge is 0.299 e. The highest BCUT2D eigenvalue weighted by atomic mass is 31.1. The van der Waals surface area contributed by atoms with Crippen LogP contribution < -0.4 is 0 Å². The summed E-state index contributed by atoms with van der Waals surface area (Å²) in [7, 11) is 4.21. The molecule has 0 aromatic heterocycles. The standard InChI is InChI=1S/C2H4BOP/c1-5(3)2-4/h2H,1H3. The van der Waals surface area contributed by atoms with Crippen molar-refractivity contribution in [3.63, 3.8) is 0 Å². The first kappa shape index (κ1) is 5.16. The quantitative estimate of drug-likeness (QED) is 0.256. The molecule has 0 bridgehead atoms. The fourth-order valence-electron chi connectivity index (χ4n) is 0. The van der Waals surface area contributed by atoms with Crippen LogP contribution in [0.5, 0.6) is 0 Å². The van der Waals surface area contributed by atoms with Crippen LogP contribution in [0.4, 0.5) is 0 Å². The van der Waals surface area contributed by atoms with Crippen molar-refractivity contribution in [1.29, 1.82) is 0 Å². The van der Waals surface area contributed by atoms with E-state index < -0.39 is 7.80 Å². The molecule has 0 saturated heterocycles. The van der Waals surface area contributed by atoms with Crippen LogP contribution in [0.15, 0.2) is 0 Å². The summed E-state index contributed by atoms with van der Waals surface area (Å²) in [5.41, 5.74) is 0. The Morgan fingerprint density at radius 3 is 2.20 bits per heavy atom. The Bertz CT molecular complexity index is 36.6. The lowest BCUT2D eigenvalue weighted by Gasteiger charge is -1.80. The van der Waals surface area contributed by atoms with E-state index in [1.54, 1.807) is 6.66 Å². The maximum absolute atomic E-state index is 9.41. The van der Waals surface area contributed by atoms with Gasteiger partial charge in [0.15, 0.2) is 0 Å². The van der Waals surface area contributed by atoms with Gasteiger partial charge in [-0.3, -0.25) is 4.79 Å². The van der Waals surface area contributed by atoms with Crippen LogP contribution >= 0.6 is 7.80 Å². The average Bonchev–Trinajstić information content (AvgIpc) is 1.38. The summed E-state index contributed by atoms with van der Waals surface area (Å²) in [4.78, 5) is 9.41. The van der Waals surface area contributed by atoms with Crippen LogP contribution in [0, 0.1) is 0 Å². The van der Waals surface area contributed by atoms with Gasteiger partial charge in [-0.05, 0) is 6.66 Å². The van der Waals surface area contributed by atoms with E-state index in [0.29, 0.717) is 0 Å². The molecule has 0 saturated carbocycles. The van der Waals surface area contributed by atoms with Gasteiger partial charge < -0.3 is 0 Å². The topological polar surface area (TPSA) is 17.1 Å². The van der Waals surface area contributed by atoms with E-state index >= 15 is 0 Å². The Balaban J connectivity index is 2.83. The van der Waals surface area contributed by atoms with E-state index in [4.69, 9.17) is 7.57 Å². The highest BCUT2D eigenvalue weighted by Crippen LogP contribution is 2.14. The molecule has 0 aliphatic heterocycles. The molecule has 1 atom stereocenters. The molecule has 0 aromatic carbocycles. The summed E-state index contributed by atoms with van der Waals surface area (Å²) in [6, 6.07) is 0.759. The van der Waals surface area contributed by atoms with Crippen LogP contribution in [-0.2, 0) is 4.79 Å². The minimum atomic E-state index is -0.779. The van der Waals surface area contributed by atoms with Crippen molar-refractivity contribution in [2.75, 3.05) is 6.66 Å². The highest BCUT2D eigenvalue weighted by Gasteiger charge is 1.77. The van der Waals surface area contributed by atoms with Gasteiger partial charge in [0.05, 0.1) is 0 Å². The lowest BCUT2D eigenvalue weighted by molar-refractivity contribution is 0.569. The Kier molecular flexibility index (Phi) is 2.48. The van der Waals surface area contributed by atoms with Crippen molar-refractivity contribution in [2.24, 2.45) is 0 Å². The Labute approximate surface area is 33.9 Å². The summed E-state index contributed by atoms with van der Waals surface area (Å²) in [6.45, 7) is 1.70. The van der Waals surface area contributed by atoms with E-state index in [9.17, 15) is 4.79 Å². The van der Waals surface area contributed by atoms with E-state index in [1.807, 2.05) is 0 Å². The van der Waals surface area contributed by atoms with Gasteiger partial charge in [0.2, 0.25) is 0 Å². The van der Waals surface area contributed by atoms with Crippen LogP contribution in [0.2, 0.25) is 0 Å². The van der Waals surface area contributed by atoms with Gasteiger partial charge in [-0.25, -0.2) is 0 Å². The summed E-state index contributed by atoms with van der Waals surface area (Å²) in [5.74, 6) is 0. The molecule has 26 valence electrons. The van der Waals surface area contributed by atoms with Gasteiger partial charge in [0, 0.05) is 0 Å². The lowest BCUT2D eigenvalue weighted by atomic mass is 10.8. The summed E-state index contributed by atoms with van der Waals surface area (Å²) in [5, 5.41) is 0. The third-order valence-corrected chi connectivity index (χ3v) is 0.499. The van der Waals surface area contributed by atoms with Gasteiger partial charge in [0.1, 0.15) is 13.6 Å². The molecule has 1 unspecified atom stereocenters. The van der Waals surface area contributed by atoms with Crippen LogP contribution in [0.25, 0.3) is 0 Å². The van der Waals surface area contributed by atoms with E-state index in [-0.39, 0.29) is 0 Å². The Morgan fingerprint density at radius 1 is 2.00 bits per heavy atom. The van der Waals surface area contributed by atoms with Crippen LogP contribution in [-0.4, -0.2) is 20.3 Å². The number of carbonyl (C=O) groups is 1. The fraction of sp³-hybridized carbons (Fsp3) is 0.500. The number of rotatable bonds is 1. The monoisotopic (exact) mass is 86.0 g/mol. The predicted molar refractivity (Wildman–Crippen MR) is 25.3 cm³/mol. The third-order valence-electron chi connectivity index (χ3n) is 0.166. The molecule has 0 heterocycles. The molecular weight excluding hydrogens is 81.8 g/mol. The van der Waals surface area contributed by atoms with Crippen molar-refractivity contribution in [3.8, 4) is 0 Å². The SMILES string of the molecule is [B]P(C)C=O. The zero-order valence-corrected chi connectivity index (χ0v) is 3.90. The van der Waals surface area contributed by atoms with Gasteiger partial charge >= 0.3 is 0 Å². The molecule has 0 rings (SSSR count). The maximum atomic E-state index is 9.41. The van der Waals surface area contributed by atoms with Crippen LogP contribution in [0.1, 0.15) is 0 Å². The molecular formula is C2H4BOP. The minimum absolute atomic E-state index is 0.759. The van der Waals surface area contributed by atoms with Crippen molar-refractivity contribution in [1.82, 2.24) is 0 Å². The summed E-state index contributed by atoms with van der Waals surface area (Å²) < 4.78 is 0. The molecule has 5 heavy (non-hydrogen) atoms. The lowest BCUT2D eigenvalue weighted by Crippen LogP contribution is -1.63. The smallest absolute Gasteiger partial charge is 0.131 e. The molecule has 0 aliphatic rings. The second kappa shape index (κ2) is 2.41. The van der Waals surface area contributed by atoms with Gasteiger partial charge in [-0.2, -0.15) is 0 Å². The van der Waals surface area contributed by atoms with Crippen LogP contribution in [0.3, 0.4) is 0 Å². The van der Waals surface area contributed by atoms with Gasteiger partial charge in [-0.1, -0.05) is 7.80 Å². The first-order valence-corrected chi connectivity index (χ1v) is 3.13. The molecule has 0 N–H and O–H groups in total. The van der Waals surface area contributed by atoms with Gasteiger partial charge in [-0.15, -0.1) is 0 Å². The molecule has 2 radical (unpaired) electrons. The zero-order chi connectivity index (χ0) is 4.28.